The van der Waals surface area contributed by atoms with Gasteiger partial charge in [-0.3, -0.25) is 14.5 Å². The first-order valence-electron chi connectivity index (χ1n) is 8.34. The van der Waals surface area contributed by atoms with Crippen molar-refractivity contribution < 1.29 is 28.1 Å². The fourth-order valence-corrected chi connectivity index (χ4v) is 7.75. The lowest BCUT2D eigenvalue weighted by atomic mass is 9.94. The molecule has 3 N–H and O–H groups in total. The van der Waals surface area contributed by atoms with Crippen molar-refractivity contribution in [1.29, 1.82) is 0 Å². The van der Waals surface area contributed by atoms with Crippen LogP contribution in [0.2, 0.25) is 19.1 Å². The smallest absolute Gasteiger partial charge is 0.394 e. The molecule has 0 bridgehead atoms. The summed E-state index contributed by atoms with van der Waals surface area (Å²) in [5.74, 6) is -0.648. The van der Waals surface area contributed by atoms with Crippen LogP contribution in [0, 0.1) is 0 Å². The molecule has 7 nitrogen and oxygen atoms in total. The molecule has 26 heavy (non-hydrogen) atoms. The van der Waals surface area contributed by atoms with Crippen molar-refractivity contribution in [3.05, 3.63) is 47.5 Å². The van der Waals surface area contributed by atoms with Gasteiger partial charge >= 0.3 is 9.05 Å². The van der Waals surface area contributed by atoms with Crippen molar-refractivity contribution >= 4 is 40.0 Å². The van der Waals surface area contributed by atoms with Crippen LogP contribution in [0.25, 0.3) is 10.8 Å². The fourth-order valence-electron chi connectivity index (χ4n) is 3.37. The second-order valence-corrected chi connectivity index (χ2v) is 13.0. The van der Waals surface area contributed by atoms with Crippen molar-refractivity contribution in [2.24, 2.45) is 0 Å². The second kappa shape index (κ2) is 6.69. The van der Waals surface area contributed by atoms with Crippen LogP contribution in [0.5, 0.6) is 0 Å². The van der Waals surface area contributed by atoms with Crippen LogP contribution in [0.4, 0.5) is 0 Å². The van der Waals surface area contributed by atoms with Gasteiger partial charge in [0.2, 0.25) is 0 Å². The molecule has 1 heterocycles. The van der Waals surface area contributed by atoms with E-state index in [1.54, 1.807) is 37.4 Å². The quantitative estimate of drug-likeness (QED) is 0.508. The molecule has 2 aromatic rings. The summed E-state index contributed by atoms with van der Waals surface area (Å²) >= 11 is 0. The molecule has 0 saturated heterocycles. The highest BCUT2D eigenvalue weighted by atomic mass is 28.5. The van der Waals surface area contributed by atoms with E-state index in [4.69, 9.17) is 18.5 Å². The predicted octanol–water partition coefficient (Wildman–Crippen LogP) is 1.46. The lowest BCUT2D eigenvalue weighted by Crippen LogP contribution is -2.49. The standard InChI is InChI=1S/C17H21NO6Si2/c1-25(2,24-26(21,22)23)11-5-10-18-16(19)13-8-3-6-12-7-4-9-14(15(12)13)17(18)20/h3-4,6-9,21-23H,5,10-11H2,1-2H3. The van der Waals surface area contributed by atoms with Gasteiger partial charge < -0.3 is 18.5 Å². The molecule has 138 valence electrons. The molecule has 0 fully saturated rings. The van der Waals surface area contributed by atoms with E-state index in [1.165, 1.54) is 4.90 Å². The number of hydrogen-bond donors (Lipinski definition) is 3. The Kier molecular flexibility index (Phi) is 4.86. The Morgan fingerprint density at radius 3 is 2.00 bits per heavy atom. The van der Waals surface area contributed by atoms with Gasteiger partial charge in [-0.15, -0.1) is 0 Å². The molecule has 0 saturated carbocycles. The molecule has 2 amide bonds. The summed E-state index contributed by atoms with van der Waals surface area (Å²) in [5, 5.41) is 1.55. The van der Waals surface area contributed by atoms with Gasteiger partial charge in [0.15, 0.2) is 8.32 Å². The van der Waals surface area contributed by atoms with E-state index in [1.807, 2.05) is 12.1 Å². The number of carbonyl (C=O) groups excluding carboxylic acids is 2. The third-order valence-corrected chi connectivity index (χ3v) is 9.29. The molecule has 1 aliphatic rings. The normalized spacial score (nSPS) is 15.0. The van der Waals surface area contributed by atoms with E-state index in [9.17, 15) is 9.59 Å². The topological polar surface area (TPSA) is 107 Å². The number of nitrogens with zero attached hydrogens (tertiary/aromatic N) is 1. The third kappa shape index (κ3) is 3.77. The minimum absolute atomic E-state index is 0.207. The maximum absolute atomic E-state index is 12.8. The first-order chi connectivity index (χ1) is 12.1. The van der Waals surface area contributed by atoms with Gasteiger partial charge in [-0.25, -0.2) is 0 Å². The number of rotatable bonds is 6. The summed E-state index contributed by atoms with van der Waals surface area (Å²) in [6, 6.07) is 11.2. The van der Waals surface area contributed by atoms with Gasteiger partial charge in [-0.2, -0.15) is 0 Å². The molecule has 3 rings (SSSR count). The highest BCUT2D eigenvalue weighted by Crippen LogP contribution is 2.30. The summed E-state index contributed by atoms with van der Waals surface area (Å²) in [5.41, 5.74) is 1.02. The Labute approximate surface area is 153 Å². The van der Waals surface area contributed by atoms with E-state index >= 15 is 0 Å². The van der Waals surface area contributed by atoms with Gasteiger partial charge in [0.05, 0.1) is 0 Å². The lowest BCUT2D eigenvalue weighted by molar-refractivity contribution is 0.0608. The van der Waals surface area contributed by atoms with Crippen LogP contribution in [0.1, 0.15) is 27.1 Å². The largest absolute Gasteiger partial charge is 0.660 e. The SMILES string of the molecule is C[Si](C)(CCCN1C(=O)c2cccc3cccc(c23)C1=O)O[Si](O)(O)O. The second-order valence-electron chi connectivity index (χ2n) is 7.01. The summed E-state index contributed by atoms with van der Waals surface area (Å²) in [6.45, 7) is 3.69. The van der Waals surface area contributed by atoms with Gasteiger partial charge in [0.25, 0.3) is 11.8 Å². The zero-order valence-electron chi connectivity index (χ0n) is 14.6. The maximum atomic E-state index is 12.8. The van der Waals surface area contributed by atoms with Crippen LogP contribution in [-0.2, 0) is 4.12 Å². The van der Waals surface area contributed by atoms with Crippen molar-refractivity contribution in [2.75, 3.05) is 6.54 Å². The Morgan fingerprint density at radius 1 is 0.962 bits per heavy atom. The zero-order chi connectivity index (χ0) is 19.1. The molecule has 0 unspecified atom stereocenters. The first kappa shape index (κ1) is 18.9. The zero-order valence-corrected chi connectivity index (χ0v) is 16.6. The van der Waals surface area contributed by atoms with E-state index in [0.29, 0.717) is 29.0 Å². The van der Waals surface area contributed by atoms with Crippen LogP contribution in [0.3, 0.4) is 0 Å². The molecular formula is C17H21NO6Si2. The Hall–Kier alpha value is -1.89. The van der Waals surface area contributed by atoms with E-state index in [-0.39, 0.29) is 18.4 Å². The Morgan fingerprint density at radius 2 is 1.50 bits per heavy atom. The Balaban J connectivity index is 1.77. The van der Waals surface area contributed by atoms with Crippen molar-refractivity contribution in [2.45, 2.75) is 25.6 Å². The van der Waals surface area contributed by atoms with Crippen LogP contribution in [0.15, 0.2) is 36.4 Å². The van der Waals surface area contributed by atoms with Crippen molar-refractivity contribution in [3.63, 3.8) is 0 Å². The van der Waals surface area contributed by atoms with E-state index in [0.717, 1.165) is 5.39 Å². The monoisotopic (exact) mass is 391 g/mol. The van der Waals surface area contributed by atoms with Crippen LogP contribution >= 0.6 is 0 Å². The molecule has 0 spiro atoms. The molecule has 1 aliphatic heterocycles. The number of imide groups is 1. The van der Waals surface area contributed by atoms with Crippen molar-refractivity contribution in [1.82, 2.24) is 4.90 Å². The van der Waals surface area contributed by atoms with E-state index < -0.39 is 17.4 Å². The molecule has 9 heteroatoms. The average Bonchev–Trinajstić information content (AvgIpc) is 2.53. The van der Waals surface area contributed by atoms with Crippen LogP contribution < -0.4 is 0 Å². The number of benzene rings is 2. The summed E-state index contributed by atoms with van der Waals surface area (Å²) < 4.78 is 5.03. The molecule has 0 atom stereocenters. The average molecular weight is 392 g/mol. The third-order valence-electron chi connectivity index (χ3n) is 4.43. The lowest BCUT2D eigenvalue weighted by Gasteiger charge is -2.29. The first-order valence-corrected chi connectivity index (χ1v) is 13.2. The predicted molar refractivity (Wildman–Crippen MR) is 99.7 cm³/mol. The van der Waals surface area contributed by atoms with Crippen molar-refractivity contribution in [3.8, 4) is 0 Å². The highest BCUT2D eigenvalue weighted by Gasteiger charge is 2.40. The fraction of sp³-hybridized carbons (Fsp3) is 0.294. The molecule has 2 aromatic carbocycles. The van der Waals surface area contributed by atoms with Gasteiger partial charge in [-0.1, -0.05) is 24.3 Å². The van der Waals surface area contributed by atoms with Crippen LogP contribution in [-0.4, -0.2) is 55.0 Å². The van der Waals surface area contributed by atoms with Gasteiger partial charge in [0.1, 0.15) is 0 Å². The minimum Gasteiger partial charge on any atom is -0.394 e. The van der Waals surface area contributed by atoms with E-state index in [2.05, 4.69) is 0 Å². The molecule has 0 radical (unpaired) electrons. The van der Waals surface area contributed by atoms with Gasteiger partial charge in [0, 0.05) is 23.1 Å². The molecule has 0 aliphatic carbocycles. The summed E-state index contributed by atoms with van der Waals surface area (Å²) in [4.78, 5) is 54.1. The molecular weight excluding hydrogens is 370 g/mol. The number of carbonyl (C=O) groups is 2. The number of amides is 2. The van der Waals surface area contributed by atoms with Gasteiger partial charge in [-0.05, 0) is 43.1 Å². The molecule has 0 aromatic heterocycles. The minimum atomic E-state index is -4.57. The highest BCUT2D eigenvalue weighted by molar-refractivity contribution is 6.78. The number of hydrogen-bond acceptors (Lipinski definition) is 6. The maximum Gasteiger partial charge on any atom is 0.660 e. The summed E-state index contributed by atoms with van der Waals surface area (Å²) in [6.07, 6.45) is 0.458. The Bertz CT molecular complexity index is 826. The summed E-state index contributed by atoms with van der Waals surface area (Å²) in [7, 11) is -7.10.